The van der Waals surface area contributed by atoms with Gasteiger partial charge >= 0.3 is 0 Å². The first kappa shape index (κ1) is 18.7. The van der Waals surface area contributed by atoms with Gasteiger partial charge in [0.25, 0.3) is 0 Å². The Balaban J connectivity index is 0.00000242. The predicted octanol–water partition coefficient (Wildman–Crippen LogP) is 1.46. The molecule has 0 saturated carbocycles. The molecule has 7 heteroatoms. The summed E-state index contributed by atoms with van der Waals surface area (Å²) >= 11 is 0. The van der Waals surface area contributed by atoms with Gasteiger partial charge < -0.3 is 19.7 Å². The number of hydrogen-bond acceptors (Lipinski definition) is 4. The summed E-state index contributed by atoms with van der Waals surface area (Å²) < 4.78 is 23.5. The number of benzene rings is 1. The molecule has 22 heavy (non-hydrogen) atoms. The minimum absolute atomic E-state index is 0. The van der Waals surface area contributed by atoms with E-state index in [9.17, 15) is 9.18 Å². The van der Waals surface area contributed by atoms with Gasteiger partial charge in [0.2, 0.25) is 5.91 Å². The van der Waals surface area contributed by atoms with E-state index in [-0.39, 0.29) is 36.3 Å². The lowest BCUT2D eigenvalue weighted by Gasteiger charge is -2.21. The first-order chi connectivity index (χ1) is 10.1. The van der Waals surface area contributed by atoms with Crippen LogP contribution in [0.5, 0.6) is 5.75 Å². The fraction of sp³-hybridized carbons (Fsp3) is 0.533. The number of likely N-dealkylation sites (N-methyl/N-ethyl adjacent to an activating group) is 1. The largest absolute Gasteiger partial charge is 0.492 e. The fourth-order valence-electron chi connectivity index (χ4n) is 2.28. The third kappa shape index (κ3) is 5.12. The Morgan fingerprint density at radius 3 is 2.68 bits per heavy atom. The molecule has 0 aromatic heterocycles. The van der Waals surface area contributed by atoms with Crippen molar-refractivity contribution in [3.8, 4) is 5.75 Å². The van der Waals surface area contributed by atoms with E-state index in [0.29, 0.717) is 31.9 Å². The van der Waals surface area contributed by atoms with Gasteiger partial charge in [-0.25, -0.2) is 4.39 Å². The van der Waals surface area contributed by atoms with Gasteiger partial charge in [-0.3, -0.25) is 4.79 Å². The lowest BCUT2D eigenvalue weighted by Crippen LogP contribution is -2.43. The molecule has 1 amide bonds. The molecule has 1 aromatic rings. The third-order valence-corrected chi connectivity index (χ3v) is 3.61. The summed E-state index contributed by atoms with van der Waals surface area (Å²) in [5.74, 6) is 0.336. The standard InChI is InChI=1S/C15H21FN2O3.ClH/c1-18(15(19)14-9-13(20-2)10-17-14)7-8-21-12-5-3-11(16)4-6-12;/h3-6,13-14,17H,7-10H2,1-2H3;1H/t13-,14-;/m0./s1. The lowest BCUT2D eigenvalue weighted by molar-refractivity contribution is -0.132. The summed E-state index contributed by atoms with van der Waals surface area (Å²) in [6, 6.07) is 5.64. The van der Waals surface area contributed by atoms with Crippen molar-refractivity contribution in [3.63, 3.8) is 0 Å². The van der Waals surface area contributed by atoms with Crippen molar-refractivity contribution >= 4 is 18.3 Å². The Morgan fingerprint density at radius 2 is 2.09 bits per heavy atom. The molecular formula is C15H22ClFN2O3. The summed E-state index contributed by atoms with van der Waals surface area (Å²) in [7, 11) is 3.40. The smallest absolute Gasteiger partial charge is 0.239 e. The Labute approximate surface area is 136 Å². The van der Waals surface area contributed by atoms with E-state index in [1.54, 1.807) is 31.2 Å². The van der Waals surface area contributed by atoms with E-state index in [1.165, 1.54) is 12.1 Å². The van der Waals surface area contributed by atoms with Gasteiger partial charge in [-0.05, 0) is 30.7 Å². The maximum atomic E-state index is 12.8. The zero-order valence-electron chi connectivity index (χ0n) is 12.8. The lowest BCUT2D eigenvalue weighted by atomic mass is 10.2. The van der Waals surface area contributed by atoms with Crippen molar-refractivity contribution < 1.29 is 18.7 Å². The Kier molecular flexibility index (Phi) is 7.58. The molecular weight excluding hydrogens is 311 g/mol. The van der Waals surface area contributed by atoms with Crippen LogP contribution in [0.25, 0.3) is 0 Å². The molecule has 2 rings (SSSR count). The Hall–Kier alpha value is -1.37. The molecule has 0 bridgehead atoms. The highest BCUT2D eigenvalue weighted by Gasteiger charge is 2.30. The van der Waals surface area contributed by atoms with E-state index >= 15 is 0 Å². The van der Waals surface area contributed by atoms with Crippen LogP contribution in [0.4, 0.5) is 4.39 Å². The number of nitrogens with one attached hydrogen (secondary N) is 1. The van der Waals surface area contributed by atoms with Crippen LogP contribution in [0.1, 0.15) is 6.42 Å². The molecule has 1 N–H and O–H groups in total. The SMILES string of the molecule is CO[C@@H]1CN[C@H](C(=O)N(C)CCOc2ccc(F)cc2)C1.Cl. The second-order valence-corrected chi connectivity index (χ2v) is 5.12. The zero-order valence-corrected chi connectivity index (χ0v) is 13.6. The topological polar surface area (TPSA) is 50.8 Å². The second kappa shape index (κ2) is 8.92. The summed E-state index contributed by atoms with van der Waals surface area (Å²) in [5, 5.41) is 3.15. The molecule has 1 saturated heterocycles. The number of rotatable bonds is 6. The molecule has 1 heterocycles. The van der Waals surface area contributed by atoms with Gasteiger partial charge in [0, 0.05) is 20.7 Å². The van der Waals surface area contributed by atoms with Crippen molar-refractivity contribution in [2.75, 3.05) is 33.9 Å². The Bertz CT molecular complexity index is 472. The first-order valence-corrected chi connectivity index (χ1v) is 6.99. The van der Waals surface area contributed by atoms with Crippen LogP contribution in [0.2, 0.25) is 0 Å². The van der Waals surface area contributed by atoms with Crippen LogP contribution >= 0.6 is 12.4 Å². The number of amides is 1. The van der Waals surface area contributed by atoms with Crippen molar-refractivity contribution in [1.29, 1.82) is 0 Å². The van der Waals surface area contributed by atoms with Gasteiger partial charge in [0.1, 0.15) is 18.2 Å². The number of carbonyl (C=O) groups excluding carboxylic acids is 1. The van der Waals surface area contributed by atoms with Crippen LogP contribution in [0.15, 0.2) is 24.3 Å². The van der Waals surface area contributed by atoms with Crippen LogP contribution in [-0.4, -0.2) is 56.8 Å². The highest BCUT2D eigenvalue weighted by molar-refractivity contribution is 5.85. The van der Waals surface area contributed by atoms with Gasteiger partial charge in [0.15, 0.2) is 0 Å². The molecule has 0 unspecified atom stereocenters. The van der Waals surface area contributed by atoms with Gasteiger partial charge in [0.05, 0.1) is 18.7 Å². The number of halogens is 2. The third-order valence-electron chi connectivity index (χ3n) is 3.61. The number of carbonyl (C=O) groups is 1. The second-order valence-electron chi connectivity index (χ2n) is 5.12. The molecule has 0 spiro atoms. The summed E-state index contributed by atoms with van der Waals surface area (Å²) in [6.45, 7) is 1.55. The molecule has 1 aromatic carbocycles. The van der Waals surface area contributed by atoms with Crippen molar-refractivity contribution in [2.24, 2.45) is 0 Å². The van der Waals surface area contributed by atoms with E-state index in [2.05, 4.69) is 5.32 Å². The van der Waals surface area contributed by atoms with Crippen molar-refractivity contribution in [1.82, 2.24) is 10.2 Å². The average Bonchev–Trinajstić information content (AvgIpc) is 2.97. The van der Waals surface area contributed by atoms with E-state index in [0.717, 1.165) is 0 Å². The molecule has 1 aliphatic heterocycles. The molecule has 0 aliphatic carbocycles. The van der Waals surface area contributed by atoms with Crippen LogP contribution in [0, 0.1) is 5.82 Å². The number of ether oxygens (including phenoxy) is 2. The first-order valence-electron chi connectivity index (χ1n) is 6.99. The number of nitrogens with zero attached hydrogens (tertiary/aromatic N) is 1. The Morgan fingerprint density at radius 1 is 1.41 bits per heavy atom. The maximum Gasteiger partial charge on any atom is 0.239 e. The summed E-state index contributed by atoms with van der Waals surface area (Å²) in [6.07, 6.45) is 0.793. The van der Waals surface area contributed by atoms with Crippen LogP contribution in [-0.2, 0) is 9.53 Å². The van der Waals surface area contributed by atoms with Gasteiger partial charge in [-0.1, -0.05) is 0 Å². The molecule has 1 fully saturated rings. The molecule has 5 nitrogen and oxygen atoms in total. The molecule has 124 valence electrons. The maximum absolute atomic E-state index is 12.8. The average molecular weight is 333 g/mol. The highest BCUT2D eigenvalue weighted by Crippen LogP contribution is 2.13. The zero-order chi connectivity index (χ0) is 15.2. The quantitative estimate of drug-likeness (QED) is 0.857. The van der Waals surface area contributed by atoms with Gasteiger partial charge in [-0.2, -0.15) is 0 Å². The van der Waals surface area contributed by atoms with Crippen molar-refractivity contribution in [3.05, 3.63) is 30.1 Å². The minimum atomic E-state index is -0.297. The minimum Gasteiger partial charge on any atom is -0.492 e. The van der Waals surface area contributed by atoms with Crippen LogP contribution in [0.3, 0.4) is 0 Å². The summed E-state index contributed by atoms with van der Waals surface area (Å²) in [4.78, 5) is 13.8. The molecule has 1 aliphatic rings. The van der Waals surface area contributed by atoms with E-state index < -0.39 is 0 Å². The number of methoxy groups -OCH3 is 1. The number of hydrogen-bond donors (Lipinski definition) is 1. The van der Waals surface area contributed by atoms with E-state index in [4.69, 9.17) is 9.47 Å². The monoisotopic (exact) mass is 332 g/mol. The van der Waals surface area contributed by atoms with E-state index in [1.807, 2.05) is 0 Å². The van der Waals surface area contributed by atoms with Crippen LogP contribution < -0.4 is 10.1 Å². The normalized spacial score (nSPS) is 20.3. The highest BCUT2D eigenvalue weighted by atomic mass is 35.5. The predicted molar refractivity (Wildman–Crippen MR) is 84.0 cm³/mol. The molecule has 0 radical (unpaired) electrons. The molecule has 2 atom stereocenters. The van der Waals surface area contributed by atoms with Crippen molar-refractivity contribution in [2.45, 2.75) is 18.6 Å². The van der Waals surface area contributed by atoms with Gasteiger partial charge in [-0.15, -0.1) is 12.4 Å². The summed E-state index contributed by atoms with van der Waals surface area (Å²) in [5.41, 5.74) is 0. The fourth-order valence-corrected chi connectivity index (χ4v) is 2.28.